The predicted molar refractivity (Wildman–Crippen MR) is 83.6 cm³/mol. The highest BCUT2D eigenvalue weighted by Crippen LogP contribution is 2.29. The van der Waals surface area contributed by atoms with Gasteiger partial charge in [-0.2, -0.15) is 0 Å². The Kier molecular flexibility index (Phi) is 6.69. The fourth-order valence-corrected chi connectivity index (χ4v) is 4.13. The van der Waals surface area contributed by atoms with E-state index in [1.165, 1.54) is 64.2 Å². The second-order valence-corrected chi connectivity index (χ2v) is 7.07. The molecule has 0 saturated heterocycles. The van der Waals surface area contributed by atoms with Crippen molar-refractivity contribution in [2.75, 3.05) is 11.9 Å². The van der Waals surface area contributed by atoms with Gasteiger partial charge in [-0.15, -0.1) is 0 Å². The van der Waals surface area contributed by atoms with Crippen LogP contribution in [0.1, 0.15) is 70.6 Å². The first-order valence-electron chi connectivity index (χ1n) is 8.16. The van der Waals surface area contributed by atoms with Crippen LogP contribution in [0.4, 0.5) is 0 Å². The SMILES string of the molecule is O=C(CC1CCCCC1)N(CCBr)C1CCCCC1. The first-order chi connectivity index (χ1) is 9.31. The fourth-order valence-electron chi connectivity index (χ4n) is 3.75. The van der Waals surface area contributed by atoms with Crippen LogP contribution in [-0.4, -0.2) is 28.7 Å². The molecule has 110 valence electrons. The summed E-state index contributed by atoms with van der Waals surface area (Å²) in [7, 11) is 0. The first-order valence-corrected chi connectivity index (χ1v) is 9.29. The lowest BCUT2D eigenvalue weighted by Gasteiger charge is -2.35. The van der Waals surface area contributed by atoms with Crippen LogP contribution < -0.4 is 0 Å². The lowest BCUT2D eigenvalue weighted by molar-refractivity contribution is -0.135. The number of alkyl halides is 1. The van der Waals surface area contributed by atoms with E-state index >= 15 is 0 Å². The Morgan fingerprint density at radius 2 is 1.53 bits per heavy atom. The summed E-state index contributed by atoms with van der Waals surface area (Å²) < 4.78 is 0. The molecule has 0 heterocycles. The molecule has 0 unspecified atom stereocenters. The minimum Gasteiger partial charge on any atom is -0.339 e. The normalized spacial score (nSPS) is 22.4. The summed E-state index contributed by atoms with van der Waals surface area (Å²) in [5.74, 6) is 1.10. The molecule has 0 aromatic carbocycles. The highest BCUT2D eigenvalue weighted by molar-refractivity contribution is 9.09. The van der Waals surface area contributed by atoms with Crippen molar-refractivity contribution in [3.8, 4) is 0 Å². The number of hydrogen-bond acceptors (Lipinski definition) is 1. The summed E-state index contributed by atoms with van der Waals surface area (Å²) in [6, 6.07) is 0.530. The molecule has 19 heavy (non-hydrogen) atoms. The van der Waals surface area contributed by atoms with Gasteiger partial charge >= 0.3 is 0 Å². The zero-order valence-corrected chi connectivity index (χ0v) is 13.7. The van der Waals surface area contributed by atoms with E-state index in [1.54, 1.807) is 0 Å². The van der Waals surface area contributed by atoms with Crippen molar-refractivity contribution in [1.82, 2.24) is 4.90 Å². The van der Waals surface area contributed by atoms with Crippen molar-refractivity contribution in [2.24, 2.45) is 5.92 Å². The maximum atomic E-state index is 12.6. The van der Waals surface area contributed by atoms with Crippen LogP contribution in [0.3, 0.4) is 0 Å². The van der Waals surface area contributed by atoms with E-state index in [1.807, 2.05) is 0 Å². The van der Waals surface area contributed by atoms with Gasteiger partial charge < -0.3 is 4.90 Å². The molecular weight excluding hydrogens is 302 g/mol. The molecule has 0 aromatic heterocycles. The molecule has 1 amide bonds. The maximum Gasteiger partial charge on any atom is 0.223 e. The topological polar surface area (TPSA) is 20.3 Å². The Morgan fingerprint density at radius 3 is 2.11 bits per heavy atom. The van der Waals surface area contributed by atoms with Crippen LogP contribution in [0.25, 0.3) is 0 Å². The number of nitrogens with zero attached hydrogens (tertiary/aromatic N) is 1. The third-order valence-corrected chi connectivity index (χ3v) is 5.20. The standard InChI is InChI=1S/C16H28BrNO/c17-11-12-18(15-9-5-2-6-10-15)16(19)13-14-7-3-1-4-8-14/h14-15H,1-13H2. The molecule has 2 saturated carbocycles. The lowest BCUT2D eigenvalue weighted by Crippen LogP contribution is -2.43. The Balaban J connectivity index is 1.87. The molecule has 2 aliphatic carbocycles. The van der Waals surface area contributed by atoms with E-state index in [0.717, 1.165) is 18.3 Å². The summed E-state index contributed by atoms with van der Waals surface area (Å²) in [6.45, 7) is 0.899. The molecule has 2 aliphatic rings. The number of hydrogen-bond donors (Lipinski definition) is 0. The van der Waals surface area contributed by atoms with Gasteiger partial charge in [-0.3, -0.25) is 4.79 Å². The number of halogens is 1. The van der Waals surface area contributed by atoms with Gasteiger partial charge in [-0.25, -0.2) is 0 Å². The molecule has 0 aromatic rings. The van der Waals surface area contributed by atoms with Crippen molar-refractivity contribution >= 4 is 21.8 Å². The Morgan fingerprint density at radius 1 is 0.947 bits per heavy atom. The number of amides is 1. The van der Waals surface area contributed by atoms with E-state index in [9.17, 15) is 4.79 Å². The molecule has 2 rings (SSSR count). The van der Waals surface area contributed by atoms with Crippen LogP contribution in [-0.2, 0) is 4.79 Å². The fraction of sp³-hybridized carbons (Fsp3) is 0.938. The summed E-state index contributed by atoms with van der Waals surface area (Å²) >= 11 is 3.52. The molecule has 2 fully saturated rings. The average molecular weight is 330 g/mol. The van der Waals surface area contributed by atoms with Gasteiger partial charge in [-0.05, 0) is 31.6 Å². The van der Waals surface area contributed by atoms with Crippen molar-refractivity contribution in [1.29, 1.82) is 0 Å². The number of rotatable bonds is 5. The van der Waals surface area contributed by atoms with Crippen LogP contribution in [0.5, 0.6) is 0 Å². The van der Waals surface area contributed by atoms with Crippen molar-refractivity contribution in [3.63, 3.8) is 0 Å². The smallest absolute Gasteiger partial charge is 0.223 e. The van der Waals surface area contributed by atoms with Crippen molar-refractivity contribution in [3.05, 3.63) is 0 Å². The quantitative estimate of drug-likeness (QED) is 0.679. The molecule has 0 aliphatic heterocycles. The summed E-state index contributed by atoms with van der Waals surface area (Å²) in [5.41, 5.74) is 0. The zero-order chi connectivity index (χ0) is 13.5. The van der Waals surface area contributed by atoms with Gasteiger partial charge in [0.2, 0.25) is 5.91 Å². The molecule has 0 spiro atoms. The van der Waals surface area contributed by atoms with E-state index in [2.05, 4.69) is 20.8 Å². The summed E-state index contributed by atoms with van der Waals surface area (Å²) in [6.07, 6.45) is 13.8. The molecule has 2 nitrogen and oxygen atoms in total. The molecule has 0 N–H and O–H groups in total. The van der Waals surface area contributed by atoms with Gasteiger partial charge in [0.05, 0.1) is 0 Å². The third-order valence-electron chi connectivity index (χ3n) is 4.85. The van der Waals surface area contributed by atoms with Crippen molar-refractivity contribution in [2.45, 2.75) is 76.7 Å². The second kappa shape index (κ2) is 8.28. The molecular formula is C16H28BrNO. The van der Waals surface area contributed by atoms with E-state index in [4.69, 9.17) is 0 Å². The van der Waals surface area contributed by atoms with Gasteiger partial charge in [0.25, 0.3) is 0 Å². The van der Waals surface area contributed by atoms with Crippen LogP contribution in [0, 0.1) is 5.92 Å². The van der Waals surface area contributed by atoms with Crippen molar-refractivity contribution < 1.29 is 4.79 Å². The predicted octanol–water partition coefficient (Wildman–Crippen LogP) is 4.51. The minimum atomic E-state index is 0.429. The third kappa shape index (κ3) is 4.77. The molecule has 0 atom stereocenters. The number of carbonyl (C=O) groups is 1. The lowest BCUT2D eigenvalue weighted by atomic mass is 9.86. The summed E-state index contributed by atoms with van der Waals surface area (Å²) in [5, 5.41) is 0.917. The van der Waals surface area contributed by atoms with E-state index in [0.29, 0.717) is 17.9 Å². The highest BCUT2D eigenvalue weighted by atomic mass is 79.9. The molecule has 0 radical (unpaired) electrons. The van der Waals surface area contributed by atoms with Gasteiger partial charge in [0.1, 0.15) is 0 Å². The molecule has 3 heteroatoms. The monoisotopic (exact) mass is 329 g/mol. The minimum absolute atomic E-state index is 0.429. The Labute approximate surface area is 126 Å². The van der Waals surface area contributed by atoms with Crippen LogP contribution in [0.15, 0.2) is 0 Å². The van der Waals surface area contributed by atoms with Gasteiger partial charge in [0, 0.05) is 24.3 Å². The van der Waals surface area contributed by atoms with E-state index in [-0.39, 0.29) is 0 Å². The number of carbonyl (C=O) groups excluding carboxylic acids is 1. The summed E-state index contributed by atoms with van der Waals surface area (Å²) in [4.78, 5) is 14.8. The van der Waals surface area contributed by atoms with E-state index < -0.39 is 0 Å². The molecule has 0 bridgehead atoms. The first kappa shape index (κ1) is 15.3. The van der Waals surface area contributed by atoms with Crippen LogP contribution in [0.2, 0.25) is 0 Å². The zero-order valence-electron chi connectivity index (χ0n) is 12.1. The Bertz CT molecular complexity index is 270. The highest BCUT2D eigenvalue weighted by Gasteiger charge is 2.27. The van der Waals surface area contributed by atoms with Gasteiger partial charge in [0.15, 0.2) is 0 Å². The van der Waals surface area contributed by atoms with Gasteiger partial charge in [-0.1, -0.05) is 54.5 Å². The van der Waals surface area contributed by atoms with Crippen LogP contribution >= 0.6 is 15.9 Å². The largest absolute Gasteiger partial charge is 0.339 e. The Hall–Kier alpha value is -0.0500. The average Bonchev–Trinajstić information content (AvgIpc) is 2.46. The second-order valence-electron chi connectivity index (χ2n) is 6.28. The maximum absolute atomic E-state index is 12.6.